The largest absolute Gasteiger partial charge is 0.416 e. The number of benzene rings is 1. The van der Waals surface area contributed by atoms with Crippen molar-refractivity contribution >= 4 is 35.4 Å². The fraction of sp³-hybridized carbons (Fsp3) is 0.364. The molecule has 0 heterocycles. The number of hydrogen-bond acceptors (Lipinski definition) is 4. The number of carbonyl (C=O) groups is 1. The lowest BCUT2D eigenvalue weighted by Gasteiger charge is -2.29. The molecule has 1 aromatic rings. The van der Waals surface area contributed by atoms with Crippen molar-refractivity contribution in [1.82, 2.24) is 4.90 Å². The van der Waals surface area contributed by atoms with Gasteiger partial charge in [0.25, 0.3) is 5.91 Å². The molecule has 0 radical (unpaired) electrons. The summed E-state index contributed by atoms with van der Waals surface area (Å²) in [7, 11) is 0. The molecule has 7 nitrogen and oxygen atoms in total. The molecule has 34 heavy (non-hydrogen) atoms. The average Bonchev–Trinajstić information content (AvgIpc) is 3.57. The number of hydrogen-bond donors (Lipinski definition) is 2. The van der Waals surface area contributed by atoms with Gasteiger partial charge in [-0.1, -0.05) is 18.2 Å². The number of halogens is 5. The first kappa shape index (κ1) is 27.0. The van der Waals surface area contributed by atoms with Crippen molar-refractivity contribution in [3.05, 3.63) is 58.8 Å². The van der Waals surface area contributed by atoms with E-state index in [1.807, 2.05) is 0 Å². The van der Waals surface area contributed by atoms with Crippen molar-refractivity contribution in [2.75, 3.05) is 6.54 Å². The summed E-state index contributed by atoms with van der Waals surface area (Å²) in [6, 6.07) is 1.84. The van der Waals surface area contributed by atoms with E-state index >= 15 is 0 Å². The Hall–Kier alpha value is -3.21. The lowest BCUT2D eigenvalue weighted by atomic mass is 10.1. The second-order valence-electron chi connectivity index (χ2n) is 7.75. The summed E-state index contributed by atoms with van der Waals surface area (Å²) in [5, 5.41) is -0.223. The number of carbonyl (C=O) groups excluding carboxylic acids is 1. The van der Waals surface area contributed by atoms with E-state index in [1.54, 1.807) is 6.92 Å². The van der Waals surface area contributed by atoms with E-state index < -0.39 is 29.5 Å². The first-order chi connectivity index (χ1) is 15.8. The summed E-state index contributed by atoms with van der Waals surface area (Å²) in [6.07, 6.45) is -1.45. The summed E-state index contributed by atoms with van der Waals surface area (Å²) in [5.74, 6) is -1.35. The zero-order valence-electron chi connectivity index (χ0n) is 18.6. The minimum Gasteiger partial charge on any atom is -0.402 e. The number of rotatable bonds is 8. The maximum atomic E-state index is 13.4. The number of amides is 1. The van der Waals surface area contributed by atoms with Crippen LogP contribution in [0.3, 0.4) is 0 Å². The lowest BCUT2D eigenvalue weighted by molar-refractivity contribution is -0.137. The van der Waals surface area contributed by atoms with Crippen LogP contribution >= 0.6 is 11.6 Å². The van der Waals surface area contributed by atoms with E-state index in [0.717, 1.165) is 31.2 Å². The maximum Gasteiger partial charge on any atom is 0.416 e. The van der Waals surface area contributed by atoms with Crippen LogP contribution in [-0.4, -0.2) is 41.3 Å². The predicted molar refractivity (Wildman–Crippen MR) is 125 cm³/mol. The van der Waals surface area contributed by atoms with Gasteiger partial charge in [-0.15, -0.1) is 0 Å². The molecule has 12 heteroatoms. The Balaban J connectivity index is 2.47. The molecule has 184 valence electrons. The van der Waals surface area contributed by atoms with Crippen LogP contribution in [0, 0.1) is 5.92 Å². The van der Waals surface area contributed by atoms with Gasteiger partial charge in [0.2, 0.25) is 0 Å². The number of amidine groups is 2. The molecule has 1 aliphatic rings. The fourth-order valence-corrected chi connectivity index (χ4v) is 3.15. The molecule has 1 saturated carbocycles. The second-order valence-corrected chi connectivity index (χ2v) is 8.19. The summed E-state index contributed by atoms with van der Waals surface area (Å²) in [4.78, 5) is 26.7. The smallest absolute Gasteiger partial charge is 0.402 e. The van der Waals surface area contributed by atoms with Crippen LogP contribution in [0.5, 0.6) is 0 Å². The molecule has 1 unspecified atom stereocenters. The number of nitrogens with zero attached hydrogens (tertiary/aromatic N) is 4. The summed E-state index contributed by atoms with van der Waals surface area (Å²) in [6.45, 7) is 6.94. The summed E-state index contributed by atoms with van der Waals surface area (Å²) < 4.78 is 53.0. The highest BCUT2D eigenvalue weighted by Crippen LogP contribution is 2.34. The second kappa shape index (κ2) is 11.3. The molecule has 1 fully saturated rings. The highest BCUT2D eigenvalue weighted by atomic mass is 35.5. The Kier molecular flexibility index (Phi) is 8.97. The first-order valence-corrected chi connectivity index (χ1v) is 10.6. The third-order valence-corrected chi connectivity index (χ3v) is 4.97. The Morgan fingerprint density at radius 1 is 1.32 bits per heavy atom. The van der Waals surface area contributed by atoms with Crippen LogP contribution in [-0.2, 0) is 6.18 Å². The quantitative estimate of drug-likeness (QED) is 0.307. The Morgan fingerprint density at radius 2 is 1.97 bits per heavy atom. The van der Waals surface area contributed by atoms with E-state index in [2.05, 4.69) is 21.6 Å². The van der Waals surface area contributed by atoms with Gasteiger partial charge in [0, 0.05) is 23.3 Å². The Bertz CT molecular complexity index is 1060. The third-order valence-electron chi connectivity index (χ3n) is 4.76. The van der Waals surface area contributed by atoms with E-state index in [0.29, 0.717) is 6.20 Å². The van der Waals surface area contributed by atoms with Crippen LogP contribution in [0.1, 0.15) is 42.6 Å². The summed E-state index contributed by atoms with van der Waals surface area (Å²) >= 11 is 5.87. The first-order valence-electron chi connectivity index (χ1n) is 10.2. The van der Waals surface area contributed by atoms with Crippen molar-refractivity contribution in [2.45, 2.75) is 38.9 Å². The molecule has 0 spiro atoms. The Morgan fingerprint density at radius 3 is 2.50 bits per heavy atom. The molecular weight excluding hydrogens is 476 g/mol. The zero-order valence-corrected chi connectivity index (χ0v) is 19.4. The molecule has 1 aliphatic carbocycles. The van der Waals surface area contributed by atoms with Crippen LogP contribution < -0.4 is 11.5 Å². The molecule has 0 aromatic heterocycles. The number of nitrogens with two attached hydrogens (primary N) is 2. The normalized spacial score (nSPS) is 16.6. The van der Waals surface area contributed by atoms with Gasteiger partial charge < -0.3 is 16.4 Å². The SMILES string of the molecule is C=C(N=C/C(F)=C\N)N=C(N=C(C)N)C(C)N(CC1CC1)C(=O)c1cc(Cl)cc(C(F)(F)F)c1. The third kappa shape index (κ3) is 7.98. The average molecular weight is 501 g/mol. The van der Waals surface area contributed by atoms with Gasteiger partial charge in [-0.2, -0.15) is 13.2 Å². The van der Waals surface area contributed by atoms with E-state index in [1.165, 1.54) is 17.9 Å². The number of allylic oxidation sites excluding steroid dienone is 1. The molecule has 2 rings (SSSR count). The van der Waals surface area contributed by atoms with E-state index in [9.17, 15) is 22.4 Å². The van der Waals surface area contributed by atoms with Gasteiger partial charge in [-0.05, 0) is 50.8 Å². The molecule has 1 amide bonds. The maximum absolute atomic E-state index is 13.4. The number of alkyl halides is 3. The molecule has 1 aromatic carbocycles. The van der Waals surface area contributed by atoms with E-state index in [4.69, 9.17) is 23.1 Å². The molecule has 0 bridgehead atoms. The van der Waals surface area contributed by atoms with Crippen LogP contribution in [0.25, 0.3) is 0 Å². The highest BCUT2D eigenvalue weighted by Gasteiger charge is 2.35. The van der Waals surface area contributed by atoms with Crippen molar-refractivity contribution in [2.24, 2.45) is 32.4 Å². The fourth-order valence-electron chi connectivity index (χ4n) is 2.91. The molecule has 0 aliphatic heterocycles. The summed E-state index contributed by atoms with van der Waals surface area (Å²) in [5.41, 5.74) is 9.49. The van der Waals surface area contributed by atoms with Gasteiger partial charge in [-0.25, -0.2) is 19.4 Å². The Labute approximate surface area is 199 Å². The van der Waals surface area contributed by atoms with Gasteiger partial charge in [0.05, 0.1) is 23.7 Å². The van der Waals surface area contributed by atoms with Crippen molar-refractivity contribution in [1.29, 1.82) is 0 Å². The zero-order chi connectivity index (χ0) is 25.6. The van der Waals surface area contributed by atoms with Crippen LogP contribution in [0.4, 0.5) is 17.6 Å². The molecule has 4 N–H and O–H groups in total. The van der Waals surface area contributed by atoms with Gasteiger partial charge in [0.15, 0.2) is 11.7 Å². The van der Waals surface area contributed by atoms with Gasteiger partial charge in [-0.3, -0.25) is 4.79 Å². The topological polar surface area (TPSA) is 109 Å². The van der Waals surface area contributed by atoms with Crippen molar-refractivity contribution < 1.29 is 22.4 Å². The molecular formula is C22H25ClF4N6O. The van der Waals surface area contributed by atoms with Crippen LogP contribution in [0.15, 0.2) is 57.6 Å². The minimum absolute atomic E-state index is 0.0198. The van der Waals surface area contributed by atoms with Crippen molar-refractivity contribution in [3.63, 3.8) is 0 Å². The monoisotopic (exact) mass is 500 g/mol. The van der Waals surface area contributed by atoms with Gasteiger partial charge in [0.1, 0.15) is 5.82 Å². The van der Waals surface area contributed by atoms with E-state index in [-0.39, 0.29) is 40.5 Å². The van der Waals surface area contributed by atoms with Crippen LogP contribution in [0.2, 0.25) is 5.02 Å². The predicted octanol–water partition coefficient (Wildman–Crippen LogP) is 4.69. The number of aliphatic imine (C=N–C) groups is 3. The molecule has 1 atom stereocenters. The minimum atomic E-state index is -4.68. The van der Waals surface area contributed by atoms with Gasteiger partial charge >= 0.3 is 6.18 Å². The van der Waals surface area contributed by atoms with Crippen molar-refractivity contribution in [3.8, 4) is 0 Å². The standard InChI is InChI=1S/C22H25ClF4N6O/c1-12(20(31-13(2)29)32-14(3)30-10-19(24)9-28)33(11-15-4-5-15)21(34)16-6-17(22(25,26)27)8-18(23)7-16/h6-10,12,15H,3-5,11,28H2,1-2H3,(H2,29,31,32)/b19-9+,30-10?. The molecule has 0 saturated heterocycles. The highest BCUT2D eigenvalue weighted by molar-refractivity contribution is 6.31. The lowest BCUT2D eigenvalue weighted by Crippen LogP contribution is -2.44.